The van der Waals surface area contributed by atoms with Crippen molar-refractivity contribution in [2.75, 3.05) is 0 Å². The minimum Gasteiger partial charge on any atom is -0.480 e. The van der Waals surface area contributed by atoms with E-state index in [4.69, 9.17) is 5.73 Å². The molecule has 196 valence electrons. The summed E-state index contributed by atoms with van der Waals surface area (Å²) >= 11 is 0. The predicted molar refractivity (Wildman–Crippen MR) is 135 cm³/mol. The Hall–Kier alpha value is -2.94. The first-order valence-electron chi connectivity index (χ1n) is 12.2. The van der Waals surface area contributed by atoms with Crippen molar-refractivity contribution in [1.82, 2.24) is 16.0 Å². The SMILES string of the molecule is CC(C)CC(N)C(=O)NC(Cc1ccccc1)C(=O)NC(CC(C)C)C(=O)NC(C(=O)O)C(C)C. The fraction of sp³-hybridized carbons (Fsp3) is 0.615. The summed E-state index contributed by atoms with van der Waals surface area (Å²) in [5, 5.41) is 17.5. The number of hydrogen-bond acceptors (Lipinski definition) is 5. The van der Waals surface area contributed by atoms with Crippen LogP contribution < -0.4 is 21.7 Å². The number of nitrogens with one attached hydrogen (secondary N) is 3. The third-order valence-corrected chi connectivity index (χ3v) is 5.55. The van der Waals surface area contributed by atoms with Gasteiger partial charge in [-0.1, -0.05) is 71.9 Å². The Morgan fingerprint density at radius 2 is 1.29 bits per heavy atom. The van der Waals surface area contributed by atoms with E-state index in [-0.39, 0.29) is 24.2 Å². The third kappa shape index (κ3) is 10.9. The number of hydrogen-bond donors (Lipinski definition) is 5. The molecule has 0 aliphatic rings. The fourth-order valence-electron chi connectivity index (χ4n) is 3.70. The highest BCUT2D eigenvalue weighted by Gasteiger charge is 2.31. The van der Waals surface area contributed by atoms with Crippen LogP contribution in [0.25, 0.3) is 0 Å². The first-order valence-corrected chi connectivity index (χ1v) is 12.2. The van der Waals surface area contributed by atoms with Gasteiger partial charge >= 0.3 is 5.97 Å². The second-order valence-electron chi connectivity index (χ2n) is 10.2. The van der Waals surface area contributed by atoms with Gasteiger partial charge in [0, 0.05) is 6.42 Å². The molecule has 1 rings (SSSR count). The fourth-order valence-corrected chi connectivity index (χ4v) is 3.70. The van der Waals surface area contributed by atoms with E-state index in [1.54, 1.807) is 13.8 Å². The largest absolute Gasteiger partial charge is 0.480 e. The van der Waals surface area contributed by atoms with Crippen LogP contribution in [0.5, 0.6) is 0 Å². The molecule has 6 N–H and O–H groups in total. The van der Waals surface area contributed by atoms with Crippen LogP contribution in [0, 0.1) is 17.8 Å². The highest BCUT2D eigenvalue weighted by molar-refractivity contribution is 5.94. The van der Waals surface area contributed by atoms with Gasteiger partial charge in [0.2, 0.25) is 17.7 Å². The Balaban J connectivity index is 3.10. The molecule has 0 aromatic heterocycles. The zero-order valence-electron chi connectivity index (χ0n) is 21.7. The van der Waals surface area contributed by atoms with Crippen LogP contribution in [0.2, 0.25) is 0 Å². The maximum atomic E-state index is 13.3. The Labute approximate surface area is 208 Å². The summed E-state index contributed by atoms with van der Waals surface area (Å²) in [5.74, 6) is -2.76. The van der Waals surface area contributed by atoms with Gasteiger partial charge in [0.15, 0.2) is 0 Å². The quantitative estimate of drug-likeness (QED) is 0.268. The number of aliphatic carboxylic acids is 1. The van der Waals surface area contributed by atoms with Crippen LogP contribution in [-0.2, 0) is 25.6 Å². The molecule has 4 unspecified atom stereocenters. The molecule has 35 heavy (non-hydrogen) atoms. The lowest BCUT2D eigenvalue weighted by Gasteiger charge is -2.27. The minimum absolute atomic E-state index is 0.0509. The van der Waals surface area contributed by atoms with Crippen LogP contribution in [-0.4, -0.2) is 53.0 Å². The van der Waals surface area contributed by atoms with Crippen LogP contribution in [0.1, 0.15) is 59.9 Å². The summed E-state index contributed by atoms with van der Waals surface area (Å²) in [7, 11) is 0. The highest BCUT2D eigenvalue weighted by atomic mass is 16.4. The summed E-state index contributed by atoms with van der Waals surface area (Å²) in [6, 6.07) is 5.46. The maximum Gasteiger partial charge on any atom is 0.326 e. The lowest BCUT2D eigenvalue weighted by atomic mass is 9.99. The molecular weight excluding hydrogens is 448 g/mol. The van der Waals surface area contributed by atoms with E-state index in [2.05, 4.69) is 16.0 Å². The highest BCUT2D eigenvalue weighted by Crippen LogP contribution is 2.10. The Kier molecular flexibility index (Phi) is 12.4. The van der Waals surface area contributed by atoms with Gasteiger partial charge in [-0.15, -0.1) is 0 Å². The first-order chi connectivity index (χ1) is 16.3. The number of rotatable bonds is 14. The third-order valence-electron chi connectivity index (χ3n) is 5.55. The van der Waals surface area contributed by atoms with Crippen molar-refractivity contribution in [2.45, 2.75) is 85.0 Å². The van der Waals surface area contributed by atoms with Crippen molar-refractivity contribution in [3.8, 4) is 0 Å². The topological polar surface area (TPSA) is 151 Å². The summed E-state index contributed by atoms with van der Waals surface area (Å²) in [5.41, 5.74) is 6.86. The molecule has 0 aliphatic heterocycles. The van der Waals surface area contributed by atoms with Crippen molar-refractivity contribution in [3.63, 3.8) is 0 Å². The number of amides is 3. The lowest BCUT2D eigenvalue weighted by Crippen LogP contribution is -2.58. The zero-order chi connectivity index (χ0) is 26.7. The molecule has 4 atom stereocenters. The normalized spacial score (nSPS) is 14.8. The van der Waals surface area contributed by atoms with E-state index >= 15 is 0 Å². The van der Waals surface area contributed by atoms with Gasteiger partial charge in [-0.2, -0.15) is 0 Å². The van der Waals surface area contributed by atoms with Crippen molar-refractivity contribution in [2.24, 2.45) is 23.5 Å². The van der Waals surface area contributed by atoms with Crippen LogP contribution in [0.4, 0.5) is 0 Å². The molecule has 1 aromatic carbocycles. The molecule has 0 saturated heterocycles. The van der Waals surface area contributed by atoms with Crippen LogP contribution >= 0.6 is 0 Å². The van der Waals surface area contributed by atoms with E-state index in [1.807, 2.05) is 58.0 Å². The van der Waals surface area contributed by atoms with Gasteiger partial charge in [-0.3, -0.25) is 14.4 Å². The van der Waals surface area contributed by atoms with Gasteiger partial charge in [0.1, 0.15) is 18.1 Å². The van der Waals surface area contributed by atoms with Gasteiger partial charge in [-0.25, -0.2) is 4.79 Å². The molecule has 9 heteroatoms. The molecule has 0 radical (unpaired) electrons. The molecule has 0 heterocycles. The second kappa shape index (κ2) is 14.5. The number of nitrogens with two attached hydrogens (primary N) is 1. The molecule has 0 saturated carbocycles. The van der Waals surface area contributed by atoms with E-state index in [9.17, 15) is 24.3 Å². The van der Waals surface area contributed by atoms with Crippen molar-refractivity contribution < 1.29 is 24.3 Å². The van der Waals surface area contributed by atoms with E-state index < -0.39 is 47.9 Å². The number of carbonyl (C=O) groups excluding carboxylic acids is 3. The van der Waals surface area contributed by atoms with Crippen LogP contribution in [0.15, 0.2) is 30.3 Å². The average molecular weight is 491 g/mol. The molecule has 0 spiro atoms. The zero-order valence-corrected chi connectivity index (χ0v) is 21.7. The molecular formula is C26H42N4O5. The van der Waals surface area contributed by atoms with E-state index in [0.29, 0.717) is 12.8 Å². The predicted octanol–water partition coefficient (Wildman–Crippen LogP) is 1.84. The monoisotopic (exact) mass is 490 g/mol. The number of carboxylic acid groups (broad SMARTS) is 1. The van der Waals surface area contributed by atoms with E-state index in [0.717, 1.165) is 5.56 Å². The molecule has 3 amide bonds. The van der Waals surface area contributed by atoms with Crippen LogP contribution in [0.3, 0.4) is 0 Å². The average Bonchev–Trinajstić information content (AvgIpc) is 2.75. The summed E-state index contributed by atoms with van der Waals surface area (Å²) in [6.07, 6.45) is 0.989. The number of carbonyl (C=O) groups is 4. The van der Waals surface area contributed by atoms with Crippen molar-refractivity contribution in [3.05, 3.63) is 35.9 Å². The van der Waals surface area contributed by atoms with Crippen molar-refractivity contribution >= 4 is 23.7 Å². The molecule has 1 aromatic rings. The molecule has 9 nitrogen and oxygen atoms in total. The maximum absolute atomic E-state index is 13.3. The van der Waals surface area contributed by atoms with Gasteiger partial charge < -0.3 is 26.8 Å². The number of benzene rings is 1. The molecule has 0 fully saturated rings. The van der Waals surface area contributed by atoms with Crippen molar-refractivity contribution in [1.29, 1.82) is 0 Å². The Bertz CT molecular complexity index is 841. The molecule has 0 aliphatic carbocycles. The number of carboxylic acids is 1. The molecule has 0 bridgehead atoms. The Morgan fingerprint density at radius 1 is 0.771 bits per heavy atom. The van der Waals surface area contributed by atoms with Gasteiger partial charge in [0.05, 0.1) is 6.04 Å². The summed E-state index contributed by atoms with van der Waals surface area (Å²) in [4.78, 5) is 50.6. The minimum atomic E-state index is -1.14. The second-order valence-corrected chi connectivity index (χ2v) is 10.2. The summed E-state index contributed by atoms with van der Waals surface area (Å²) < 4.78 is 0. The summed E-state index contributed by atoms with van der Waals surface area (Å²) in [6.45, 7) is 11.1. The van der Waals surface area contributed by atoms with Gasteiger partial charge in [0.25, 0.3) is 0 Å². The Morgan fingerprint density at radius 3 is 1.77 bits per heavy atom. The standard InChI is InChI=1S/C26H42N4O5/c1-15(2)12-19(27)23(31)28-21(14-18-10-8-7-9-11-18)24(32)29-20(13-16(3)4)25(33)30-22(17(5)6)26(34)35/h7-11,15-17,19-22H,12-14,27H2,1-6H3,(H,28,31)(H,29,32)(H,30,33)(H,34,35). The smallest absolute Gasteiger partial charge is 0.326 e. The van der Waals surface area contributed by atoms with E-state index in [1.165, 1.54) is 0 Å². The van der Waals surface area contributed by atoms with Gasteiger partial charge in [-0.05, 0) is 36.2 Å². The first kappa shape index (κ1) is 30.1. The lowest BCUT2D eigenvalue weighted by molar-refractivity contribution is -0.143.